The summed E-state index contributed by atoms with van der Waals surface area (Å²) in [5, 5.41) is 4.32. The van der Waals surface area contributed by atoms with Crippen molar-refractivity contribution in [2.75, 3.05) is 20.1 Å². The van der Waals surface area contributed by atoms with Crippen LogP contribution < -0.4 is 0 Å². The van der Waals surface area contributed by atoms with Gasteiger partial charge in [0.1, 0.15) is 0 Å². The maximum absolute atomic E-state index is 13.1. The molecule has 0 N–H and O–H groups in total. The zero-order valence-electron chi connectivity index (χ0n) is 24.8. The van der Waals surface area contributed by atoms with Gasteiger partial charge >= 0.3 is 18.2 Å². The fraction of sp³-hybridized carbons (Fsp3) is 0.806. The zero-order valence-corrected chi connectivity index (χ0v) is 24.8. The van der Waals surface area contributed by atoms with Gasteiger partial charge < -0.3 is 9.80 Å². The Hall–Kier alpha value is -2.39. The second-order valence-corrected chi connectivity index (χ2v) is 13.7. The molecule has 10 heteroatoms. The van der Waals surface area contributed by atoms with Gasteiger partial charge in [-0.05, 0) is 106 Å². The van der Waals surface area contributed by atoms with Crippen LogP contribution in [0, 0.1) is 34.5 Å². The van der Waals surface area contributed by atoms with E-state index in [2.05, 4.69) is 19.0 Å². The van der Waals surface area contributed by atoms with Crippen molar-refractivity contribution in [2.45, 2.75) is 104 Å². The highest BCUT2D eigenvalue weighted by molar-refractivity contribution is 5.91. The Morgan fingerprint density at radius 2 is 1.76 bits per heavy atom. The fourth-order valence-electron chi connectivity index (χ4n) is 9.17. The molecule has 0 aliphatic heterocycles. The molecule has 0 aromatic rings. The zero-order chi connectivity index (χ0) is 29.7. The summed E-state index contributed by atoms with van der Waals surface area (Å²) >= 11 is 0. The molecular formula is C31H44F3N3O4. The fourth-order valence-corrected chi connectivity index (χ4v) is 9.17. The number of halogens is 3. The minimum absolute atomic E-state index is 0.0382. The summed E-state index contributed by atoms with van der Waals surface area (Å²) in [6, 6.07) is -0.113. The molecule has 0 bridgehead atoms. The van der Waals surface area contributed by atoms with Crippen LogP contribution in [0.1, 0.15) is 91.4 Å². The number of rotatable bonds is 6. The molecule has 6 atom stereocenters. The molecular weight excluding hydrogens is 535 g/mol. The van der Waals surface area contributed by atoms with Crippen molar-refractivity contribution in [2.24, 2.45) is 39.7 Å². The van der Waals surface area contributed by atoms with Gasteiger partial charge in [0.15, 0.2) is 5.78 Å². The van der Waals surface area contributed by atoms with Gasteiger partial charge in [0.05, 0.1) is 5.71 Å². The average Bonchev–Trinajstić information content (AvgIpc) is 3.24. The molecule has 0 aromatic heterocycles. The Labute approximate surface area is 240 Å². The molecule has 0 spiro atoms. The van der Waals surface area contributed by atoms with Crippen LogP contribution in [0.4, 0.5) is 18.0 Å². The summed E-state index contributed by atoms with van der Waals surface area (Å²) in [4.78, 5) is 44.2. The summed E-state index contributed by atoms with van der Waals surface area (Å²) in [7, 11) is 1.09. The smallest absolute Gasteiger partial charge is 0.336 e. The minimum Gasteiger partial charge on any atom is -0.336 e. The molecule has 0 unspecified atom stereocenters. The standard InChI is InChI=1S/C31H44F3N3O4/c1-19(35-41-28(40)37(21-6-5-7-21)17-16-36(4)27(39)31(32,33)34)24-10-11-25-23-9-8-20-18-22(38)12-14-29(20,2)26(23)13-15-30(24,25)3/h18,21,23-26H,5-17H2,1-4H3/b35-19+/t23-,24+,25-,26-,29-,30+/m0/s1. The normalized spacial score (nSPS) is 35.4. The van der Waals surface area contributed by atoms with Crippen molar-refractivity contribution >= 4 is 23.5 Å². The topological polar surface area (TPSA) is 79.3 Å². The van der Waals surface area contributed by atoms with Crippen molar-refractivity contribution in [3.05, 3.63) is 11.6 Å². The number of nitrogens with zero attached hydrogens (tertiary/aromatic N) is 3. The highest BCUT2D eigenvalue weighted by atomic mass is 19.4. The lowest BCUT2D eigenvalue weighted by molar-refractivity contribution is -0.184. The molecule has 5 aliphatic carbocycles. The molecule has 5 aliphatic rings. The maximum atomic E-state index is 13.1. The largest absolute Gasteiger partial charge is 0.471 e. The number of hydrogen-bond acceptors (Lipinski definition) is 5. The van der Waals surface area contributed by atoms with Crippen molar-refractivity contribution in [1.29, 1.82) is 0 Å². The second kappa shape index (κ2) is 11.0. The van der Waals surface area contributed by atoms with Crippen LogP contribution in [0.15, 0.2) is 16.8 Å². The number of amides is 2. The third-order valence-corrected chi connectivity index (χ3v) is 11.7. The summed E-state index contributed by atoms with van der Waals surface area (Å²) < 4.78 is 38.4. The first-order chi connectivity index (χ1) is 19.3. The van der Waals surface area contributed by atoms with Crippen LogP contribution in [0.5, 0.6) is 0 Å². The number of ketones is 1. The van der Waals surface area contributed by atoms with E-state index in [0.29, 0.717) is 29.1 Å². The molecule has 4 fully saturated rings. The Balaban J connectivity index is 1.24. The van der Waals surface area contributed by atoms with Crippen LogP contribution in [-0.2, 0) is 14.4 Å². The molecule has 0 radical (unpaired) electrons. The van der Waals surface area contributed by atoms with E-state index in [1.807, 2.05) is 13.0 Å². The first kappa shape index (κ1) is 30.1. The Morgan fingerprint density at radius 3 is 2.41 bits per heavy atom. The van der Waals surface area contributed by atoms with Crippen molar-refractivity contribution in [3.63, 3.8) is 0 Å². The van der Waals surface area contributed by atoms with Crippen molar-refractivity contribution < 1.29 is 32.4 Å². The summed E-state index contributed by atoms with van der Waals surface area (Å²) in [5.74, 6) is 0.332. The van der Waals surface area contributed by atoms with Gasteiger partial charge in [-0.15, -0.1) is 0 Å². The average molecular weight is 580 g/mol. The molecule has 228 valence electrons. The molecule has 0 aromatic carbocycles. The number of carbonyl (C=O) groups is 3. The van der Waals surface area contributed by atoms with Gasteiger partial charge in [-0.25, -0.2) is 4.79 Å². The number of oxime groups is 1. The highest BCUT2D eigenvalue weighted by Gasteiger charge is 2.59. The molecule has 41 heavy (non-hydrogen) atoms. The monoisotopic (exact) mass is 579 g/mol. The van der Waals surface area contributed by atoms with E-state index in [0.717, 1.165) is 77.0 Å². The van der Waals surface area contributed by atoms with E-state index < -0.39 is 18.2 Å². The van der Waals surface area contributed by atoms with Gasteiger partial charge in [-0.3, -0.25) is 14.4 Å². The summed E-state index contributed by atoms with van der Waals surface area (Å²) in [5.41, 5.74) is 2.35. The summed E-state index contributed by atoms with van der Waals surface area (Å²) in [6.07, 6.45) is 6.82. The second-order valence-electron chi connectivity index (χ2n) is 13.7. The third kappa shape index (κ3) is 5.44. The number of hydrogen-bond donors (Lipinski definition) is 0. The van der Waals surface area contributed by atoms with Crippen molar-refractivity contribution in [1.82, 2.24) is 9.80 Å². The Bertz CT molecular complexity index is 1130. The number of carbonyl (C=O) groups excluding carboxylic acids is 3. The van der Waals surface area contributed by atoms with Crippen LogP contribution in [0.3, 0.4) is 0 Å². The van der Waals surface area contributed by atoms with Crippen molar-refractivity contribution in [3.8, 4) is 0 Å². The molecule has 0 saturated heterocycles. The SMILES string of the molecule is C/C(=N\OC(=O)N(CCN(C)C(=O)C(F)(F)F)C1CCC1)[C@H]1CC[C@H]2[C@@H]3CCC4=CC(=O)CC[C@]4(C)[C@H]3CC[C@]12C. The quantitative estimate of drug-likeness (QED) is 0.204. The lowest BCUT2D eigenvalue weighted by Crippen LogP contribution is -2.51. The Kier molecular flexibility index (Phi) is 8.09. The third-order valence-electron chi connectivity index (χ3n) is 11.7. The molecule has 0 heterocycles. The van der Waals surface area contributed by atoms with E-state index in [4.69, 9.17) is 4.84 Å². The van der Waals surface area contributed by atoms with Gasteiger partial charge in [0.25, 0.3) is 0 Å². The van der Waals surface area contributed by atoms with E-state index >= 15 is 0 Å². The first-order valence-corrected chi connectivity index (χ1v) is 15.3. The predicted octanol–water partition coefficient (Wildman–Crippen LogP) is 6.52. The number of allylic oxidation sites excluding steroid dienone is 1. The van der Waals surface area contributed by atoms with Crippen LogP contribution >= 0.6 is 0 Å². The number of likely N-dealkylation sites (N-methyl/N-ethyl adjacent to an activating group) is 1. The van der Waals surface area contributed by atoms with Gasteiger partial charge in [-0.2, -0.15) is 13.2 Å². The lowest BCUT2D eigenvalue weighted by atomic mass is 9.46. The van der Waals surface area contributed by atoms with Gasteiger partial charge in [-0.1, -0.05) is 24.6 Å². The highest BCUT2D eigenvalue weighted by Crippen LogP contribution is 2.66. The van der Waals surface area contributed by atoms with Crippen LogP contribution in [-0.4, -0.2) is 65.7 Å². The van der Waals surface area contributed by atoms with E-state index in [9.17, 15) is 27.6 Å². The van der Waals surface area contributed by atoms with E-state index in [1.165, 1.54) is 10.5 Å². The first-order valence-electron chi connectivity index (χ1n) is 15.3. The maximum Gasteiger partial charge on any atom is 0.471 e. The molecule has 7 nitrogen and oxygen atoms in total. The number of fused-ring (bicyclic) bond motifs is 5. The van der Waals surface area contributed by atoms with Crippen LogP contribution in [0.25, 0.3) is 0 Å². The Morgan fingerprint density at radius 1 is 1.02 bits per heavy atom. The molecule has 4 saturated carbocycles. The number of alkyl halides is 3. The van der Waals surface area contributed by atoms with E-state index in [-0.39, 0.29) is 41.7 Å². The van der Waals surface area contributed by atoms with Crippen LogP contribution in [0.2, 0.25) is 0 Å². The lowest BCUT2D eigenvalue weighted by Gasteiger charge is -2.58. The molecule has 2 amide bonds. The molecule has 5 rings (SSSR count). The summed E-state index contributed by atoms with van der Waals surface area (Å²) in [6.45, 7) is 6.41. The minimum atomic E-state index is -4.95. The van der Waals surface area contributed by atoms with E-state index in [1.54, 1.807) is 0 Å². The van der Waals surface area contributed by atoms with Gasteiger partial charge in [0.2, 0.25) is 0 Å². The van der Waals surface area contributed by atoms with Gasteiger partial charge in [0, 0.05) is 38.5 Å². The predicted molar refractivity (Wildman–Crippen MR) is 148 cm³/mol.